The Morgan fingerprint density at radius 1 is 1.33 bits per heavy atom. The second-order valence-electron chi connectivity index (χ2n) is 6.19. The number of rotatable bonds is 3. The fraction of sp³-hybridized carbons (Fsp3) is 0.471. The number of nitriles is 1. The number of hydrogen-bond acceptors (Lipinski definition) is 4. The van der Waals surface area contributed by atoms with Gasteiger partial charge in [0.2, 0.25) is 5.91 Å². The number of halogens is 1. The van der Waals surface area contributed by atoms with E-state index >= 15 is 0 Å². The molecule has 6 nitrogen and oxygen atoms in total. The molecular weight excluding hydrogens is 328 g/mol. The van der Waals surface area contributed by atoms with Crippen LogP contribution in [0.4, 0.5) is 0 Å². The molecule has 2 N–H and O–H groups in total. The summed E-state index contributed by atoms with van der Waals surface area (Å²) in [6.45, 7) is 1.18. The van der Waals surface area contributed by atoms with Gasteiger partial charge in [-0.2, -0.15) is 5.26 Å². The molecule has 24 heavy (non-hydrogen) atoms. The zero-order valence-electron chi connectivity index (χ0n) is 13.2. The molecule has 126 valence electrons. The van der Waals surface area contributed by atoms with Gasteiger partial charge in [0.1, 0.15) is 6.04 Å². The van der Waals surface area contributed by atoms with Crippen molar-refractivity contribution in [2.75, 3.05) is 13.1 Å². The lowest BCUT2D eigenvalue weighted by molar-refractivity contribution is -0.133. The normalized spacial score (nSPS) is 26.2. The van der Waals surface area contributed by atoms with E-state index in [1.807, 2.05) is 0 Å². The molecule has 2 saturated heterocycles. The van der Waals surface area contributed by atoms with Gasteiger partial charge >= 0.3 is 0 Å². The van der Waals surface area contributed by atoms with Gasteiger partial charge in [0.05, 0.1) is 12.1 Å². The smallest absolute Gasteiger partial charge is 0.251 e. The molecular formula is C17H19ClN4O2. The number of hydrogen-bond donors (Lipinski definition) is 2. The van der Waals surface area contributed by atoms with Gasteiger partial charge in [-0.05, 0) is 43.5 Å². The summed E-state index contributed by atoms with van der Waals surface area (Å²) in [5.41, 5.74) is 0.540. The maximum Gasteiger partial charge on any atom is 0.251 e. The summed E-state index contributed by atoms with van der Waals surface area (Å²) in [6, 6.07) is 8.11. The van der Waals surface area contributed by atoms with Gasteiger partial charge in [0.15, 0.2) is 0 Å². The first-order valence-electron chi connectivity index (χ1n) is 8.08. The van der Waals surface area contributed by atoms with Crippen molar-refractivity contribution in [2.45, 2.75) is 37.4 Å². The number of amides is 2. The molecule has 0 bridgehead atoms. The van der Waals surface area contributed by atoms with Crippen molar-refractivity contribution in [2.24, 2.45) is 0 Å². The number of benzene rings is 1. The van der Waals surface area contributed by atoms with Crippen LogP contribution in [0.1, 0.15) is 29.6 Å². The predicted molar refractivity (Wildman–Crippen MR) is 89.5 cm³/mol. The summed E-state index contributed by atoms with van der Waals surface area (Å²) in [5, 5.41) is 15.8. The van der Waals surface area contributed by atoms with E-state index in [-0.39, 0.29) is 29.9 Å². The highest BCUT2D eigenvalue weighted by Crippen LogP contribution is 2.20. The number of carbonyl (C=O) groups excluding carboxylic acids is 2. The first-order valence-corrected chi connectivity index (χ1v) is 8.46. The highest BCUT2D eigenvalue weighted by atomic mass is 35.5. The Labute approximate surface area is 145 Å². The molecule has 0 saturated carbocycles. The summed E-state index contributed by atoms with van der Waals surface area (Å²) < 4.78 is 0. The maximum atomic E-state index is 12.5. The molecule has 0 aromatic heterocycles. The Morgan fingerprint density at radius 2 is 2.08 bits per heavy atom. The van der Waals surface area contributed by atoms with Crippen LogP contribution in [0.2, 0.25) is 5.02 Å². The Kier molecular flexibility index (Phi) is 5.03. The van der Waals surface area contributed by atoms with E-state index in [4.69, 9.17) is 16.9 Å². The lowest BCUT2D eigenvalue weighted by Gasteiger charge is -2.23. The van der Waals surface area contributed by atoms with Gasteiger partial charge in [0.25, 0.3) is 5.91 Å². The quantitative estimate of drug-likeness (QED) is 0.864. The Morgan fingerprint density at radius 3 is 2.79 bits per heavy atom. The standard InChI is InChI=1S/C17H19ClN4O2/c18-12-5-3-11(4-6-12)16(23)21-13-8-15(20-10-13)17(24)22-7-1-2-14(22)9-19/h3-6,13-15,20H,1-2,7-8,10H2,(H,21,23)/t13-,14-,15-/m0/s1. The molecule has 2 aliphatic rings. The van der Waals surface area contributed by atoms with Crippen molar-refractivity contribution in [3.05, 3.63) is 34.9 Å². The molecule has 0 radical (unpaired) electrons. The summed E-state index contributed by atoms with van der Waals surface area (Å²) in [5.74, 6) is -0.218. The first kappa shape index (κ1) is 16.7. The topological polar surface area (TPSA) is 85.2 Å². The van der Waals surface area contributed by atoms with E-state index in [0.717, 1.165) is 12.8 Å². The second-order valence-corrected chi connectivity index (χ2v) is 6.63. The molecule has 3 rings (SSSR count). The monoisotopic (exact) mass is 346 g/mol. The molecule has 3 atom stereocenters. The molecule has 0 spiro atoms. The molecule has 1 aromatic carbocycles. The highest BCUT2D eigenvalue weighted by Gasteiger charge is 2.37. The van der Waals surface area contributed by atoms with Crippen LogP contribution in [0.3, 0.4) is 0 Å². The third-order valence-electron chi connectivity index (χ3n) is 4.56. The third-order valence-corrected chi connectivity index (χ3v) is 4.81. The van der Waals surface area contributed by atoms with Gasteiger partial charge in [-0.1, -0.05) is 11.6 Å². The fourth-order valence-corrected chi connectivity index (χ4v) is 3.39. The van der Waals surface area contributed by atoms with E-state index < -0.39 is 0 Å². The van der Waals surface area contributed by atoms with Crippen LogP contribution < -0.4 is 10.6 Å². The molecule has 7 heteroatoms. The molecule has 2 amide bonds. The molecule has 2 heterocycles. The number of likely N-dealkylation sites (tertiary alicyclic amines) is 1. The van der Waals surface area contributed by atoms with Crippen LogP contribution in [0.15, 0.2) is 24.3 Å². The second kappa shape index (κ2) is 7.20. The van der Waals surface area contributed by atoms with Gasteiger partial charge in [-0.25, -0.2) is 0 Å². The lowest BCUT2D eigenvalue weighted by Crippen LogP contribution is -2.45. The van der Waals surface area contributed by atoms with Crippen molar-refractivity contribution >= 4 is 23.4 Å². The Balaban J connectivity index is 1.55. The van der Waals surface area contributed by atoms with E-state index in [1.54, 1.807) is 29.2 Å². The van der Waals surface area contributed by atoms with Crippen molar-refractivity contribution < 1.29 is 9.59 Å². The van der Waals surface area contributed by atoms with Crippen LogP contribution in [-0.2, 0) is 4.79 Å². The zero-order chi connectivity index (χ0) is 17.1. The van der Waals surface area contributed by atoms with Gasteiger partial charge in [-0.3, -0.25) is 9.59 Å². The summed E-state index contributed by atoms with van der Waals surface area (Å²) >= 11 is 5.82. The molecule has 0 unspecified atom stereocenters. The molecule has 1 aromatic rings. The summed E-state index contributed by atoms with van der Waals surface area (Å²) in [7, 11) is 0. The summed E-state index contributed by atoms with van der Waals surface area (Å²) in [4.78, 5) is 26.4. The van der Waals surface area contributed by atoms with Crippen molar-refractivity contribution in [1.82, 2.24) is 15.5 Å². The largest absolute Gasteiger partial charge is 0.348 e. The first-order chi connectivity index (χ1) is 11.6. The maximum absolute atomic E-state index is 12.5. The molecule has 2 fully saturated rings. The fourth-order valence-electron chi connectivity index (χ4n) is 3.27. The van der Waals surface area contributed by atoms with Gasteiger partial charge in [-0.15, -0.1) is 0 Å². The Bertz CT molecular complexity index is 670. The number of carbonyl (C=O) groups is 2. The van der Waals surface area contributed by atoms with Crippen LogP contribution in [0.5, 0.6) is 0 Å². The van der Waals surface area contributed by atoms with E-state index in [2.05, 4.69) is 16.7 Å². The van der Waals surface area contributed by atoms with Gasteiger partial charge < -0.3 is 15.5 Å². The Hall–Kier alpha value is -2.10. The predicted octanol–water partition coefficient (Wildman–Crippen LogP) is 1.31. The highest BCUT2D eigenvalue weighted by molar-refractivity contribution is 6.30. The summed E-state index contributed by atoms with van der Waals surface area (Å²) in [6.07, 6.45) is 2.14. The van der Waals surface area contributed by atoms with E-state index in [0.29, 0.717) is 30.1 Å². The minimum Gasteiger partial charge on any atom is -0.348 e. The average Bonchev–Trinajstić information content (AvgIpc) is 3.23. The van der Waals surface area contributed by atoms with Gasteiger partial charge in [0, 0.05) is 29.7 Å². The lowest BCUT2D eigenvalue weighted by atomic mass is 10.1. The van der Waals surface area contributed by atoms with Crippen molar-refractivity contribution in [3.63, 3.8) is 0 Å². The molecule has 2 aliphatic heterocycles. The van der Waals surface area contributed by atoms with E-state index in [9.17, 15) is 9.59 Å². The van der Waals surface area contributed by atoms with Crippen LogP contribution in [0, 0.1) is 11.3 Å². The number of nitrogens with one attached hydrogen (secondary N) is 2. The van der Waals surface area contributed by atoms with Crippen LogP contribution in [0.25, 0.3) is 0 Å². The third kappa shape index (κ3) is 3.53. The van der Waals surface area contributed by atoms with Crippen molar-refractivity contribution in [1.29, 1.82) is 5.26 Å². The SMILES string of the molecule is N#C[C@@H]1CCCN1C(=O)[C@@H]1C[C@H](NC(=O)c2ccc(Cl)cc2)CN1. The minimum absolute atomic E-state index is 0.0395. The molecule has 0 aliphatic carbocycles. The van der Waals surface area contributed by atoms with Crippen LogP contribution >= 0.6 is 11.6 Å². The number of nitrogens with zero attached hydrogens (tertiary/aromatic N) is 2. The van der Waals surface area contributed by atoms with Crippen molar-refractivity contribution in [3.8, 4) is 6.07 Å². The average molecular weight is 347 g/mol. The van der Waals surface area contributed by atoms with Crippen LogP contribution in [-0.4, -0.2) is 47.9 Å². The minimum atomic E-state index is -0.338. The zero-order valence-corrected chi connectivity index (χ0v) is 13.9. The van der Waals surface area contributed by atoms with E-state index in [1.165, 1.54) is 0 Å².